The summed E-state index contributed by atoms with van der Waals surface area (Å²) >= 11 is 5.35. The van der Waals surface area contributed by atoms with Crippen molar-refractivity contribution in [1.82, 2.24) is 10.2 Å². The van der Waals surface area contributed by atoms with Gasteiger partial charge in [0.15, 0.2) is 16.6 Å². The number of piperidine rings is 1. The number of anilines is 1. The summed E-state index contributed by atoms with van der Waals surface area (Å²) in [7, 11) is 4.44. The van der Waals surface area contributed by atoms with E-state index in [-0.39, 0.29) is 16.6 Å². The van der Waals surface area contributed by atoms with Crippen LogP contribution in [0.1, 0.15) is 40.5 Å². The highest BCUT2D eigenvalue weighted by molar-refractivity contribution is 7.80. The Morgan fingerprint density at radius 1 is 1.00 bits per heavy atom. The van der Waals surface area contributed by atoms with Gasteiger partial charge < -0.3 is 24.4 Å². The van der Waals surface area contributed by atoms with Gasteiger partial charge in [0, 0.05) is 18.7 Å². The molecule has 0 spiro atoms. The third-order valence-corrected chi connectivity index (χ3v) is 5.83. The van der Waals surface area contributed by atoms with Gasteiger partial charge in [0.25, 0.3) is 11.8 Å². The number of thiocarbonyl (C=S) groups is 1. The molecule has 1 fully saturated rings. The molecule has 0 aromatic heterocycles. The van der Waals surface area contributed by atoms with Crippen LogP contribution in [0.25, 0.3) is 0 Å². The van der Waals surface area contributed by atoms with Gasteiger partial charge in [0.2, 0.25) is 5.75 Å². The van der Waals surface area contributed by atoms with Gasteiger partial charge in [-0.1, -0.05) is 19.1 Å². The number of nitrogens with one attached hydrogen (secondary N) is 2. The number of benzene rings is 2. The molecule has 0 aliphatic carbocycles. The number of ether oxygens (including phenoxy) is 3. The van der Waals surface area contributed by atoms with Crippen molar-refractivity contribution in [3.63, 3.8) is 0 Å². The summed E-state index contributed by atoms with van der Waals surface area (Å²) in [6, 6.07) is 10.2. The smallest absolute Gasteiger partial charge is 0.257 e. The average molecular weight is 472 g/mol. The van der Waals surface area contributed by atoms with Crippen LogP contribution in [-0.4, -0.2) is 56.2 Å². The Morgan fingerprint density at radius 3 is 2.18 bits per heavy atom. The molecule has 33 heavy (non-hydrogen) atoms. The highest BCUT2D eigenvalue weighted by atomic mass is 32.1. The maximum Gasteiger partial charge on any atom is 0.257 e. The first-order chi connectivity index (χ1) is 15.9. The van der Waals surface area contributed by atoms with E-state index in [4.69, 9.17) is 26.4 Å². The molecule has 0 radical (unpaired) electrons. The summed E-state index contributed by atoms with van der Waals surface area (Å²) < 4.78 is 15.9. The van der Waals surface area contributed by atoms with E-state index in [1.807, 2.05) is 11.0 Å². The molecule has 0 saturated carbocycles. The molecule has 2 amide bonds. The average Bonchev–Trinajstić information content (AvgIpc) is 2.83. The molecule has 8 nitrogen and oxygen atoms in total. The van der Waals surface area contributed by atoms with Crippen molar-refractivity contribution >= 4 is 34.8 Å². The fraction of sp³-hybridized carbons (Fsp3) is 0.375. The number of likely N-dealkylation sites (tertiary alicyclic amines) is 1. The number of rotatable bonds is 6. The van der Waals surface area contributed by atoms with Gasteiger partial charge in [-0.2, -0.15) is 0 Å². The van der Waals surface area contributed by atoms with E-state index in [2.05, 4.69) is 17.6 Å². The molecule has 2 aromatic carbocycles. The minimum absolute atomic E-state index is 0.0521. The number of para-hydroxylation sites is 1. The minimum Gasteiger partial charge on any atom is -0.493 e. The van der Waals surface area contributed by atoms with E-state index in [0.29, 0.717) is 34.4 Å². The van der Waals surface area contributed by atoms with Crippen molar-refractivity contribution in [2.75, 3.05) is 39.7 Å². The molecule has 1 heterocycles. The van der Waals surface area contributed by atoms with Gasteiger partial charge in [-0.3, -0.25) is 14.9 Å². The molecule has 2 N–H and O–H groups in total. The fourth-order valence-electron chi connectivity index (χ4n) is 3.70. The highest BCUT2D eigenvalue weighted by Gasteiger charge is 2.24. The second-order valence-electron chi connectivity index (χ2n) is 7.84. The lowest BCUT2D eigenvalue weighted by Gasteiger charge is -2.31. The molecule has 3 rings (SSSR count). The molecule has 1 aliphatic rings. The van der Waals surface area contributed by atoms with Gasteiger partial charge in [-0.05, 0) is 55.2 Å². The molecule has 2 aromatic rings. The summed E-state index contributed by atoms with van der Waals surface area (Å²) in [6.45, 7) is 3.67. The van der Waals surface area contributed by atoms with Crippen LogP contribution in [0.5, 0.6) is 17.2 Å². The van der Waals surface area contributed by atoms with E-state index in [1.165, 1.54) is 33.5 Å². The number of methoxy groups -OCH3 is 3. The summed E-state index contributed by atoms with van der Waals surface area (Å²) in [4.78, 5) is 27.7. The van der Waals surface area contributed by atoms with Gasteiger partial charge in [-0.15, -0.1) is 0 Å². The quantitative estimate of drug-likeness (QED) is 0.621. The second-order valence-corrected chi connectivity index (χ2v) is 8.25. The Bertz CT molecular complexity index is 1010. The van der Waals surface area contributed by atoms with E-state index in [1.54, 1.807) is 18.2 Å². The van der Waals surface area contributed by atoms with Gasteiger partial charge in [-0.25, -0.2) is 0 Å². The number of carbonyl (C=O) groups excluding carboxylic acids is 2. The van der Waals surface area contributed by atoms with Crippen LogP contribution in [-0.2, 0) is 0 Å². The van der Waals surface area contributed by atoms with Crippen molar-refractivity contribution < 1.29 is 23.8 Å². The normalized spacial score (nSPS) is 13.8. The minimum atomic E-state index is -0.458. The van der Waals surface area contributed by atoms with Crippen molar-refractivity contribution in [2.45, 2.75) is 19.8 Å². The largest absolute Gasteiger partial charge is 0.493 e. The van der Waals surface area contributed by atoms with Crippen molar-refractivity contribution in [3.8, 4) is 17.2 Å². The molecule has 1 aliphatic heterocycles. The van der Waals surface area contributed by atoms with Crippen molar-refractivity contribution in [3.05, 3.63) is 47.5 Å². The maximum atomic E-state index is 13.1. The lowest BCUT2D eigenvalue weighted by atomic mass is 9.98. The monoisotopic (exact) mass is 471 g/mol. The Labute approximate surface area is 199 Å². The van der Waals surface area contributed by atoms with Gasteiger partial charge in [0.05, 0.1) is 32.6 Å². The molecule has 0 atom stereocenters. The van der Waals surface area contributed by atoms with Crippen LogP contribution in [0.3, 0.4) is 0 Å². The second kappa shape index (κ2) is 11.0. The number of carbonyl (C=O) groups is 2. The zero-order chi connectivity index (χ0) is 24.0. The van der Waals surface area contributed by atoms with E-state index < -0.39 is 5.91 Å². The van der Waals surface area contributed by atoms with Crippen LogP contribution in [0, 0.1) is 5.92 Å². The maximum absolute atomic E-state index is 13.1. The summed E-state index contributed by atoms with van der Waals surface area (Å²) in [5, 5.41) is 5.70. The van der Waals surface area contributed by atoms with Crippen LogP contribution < -0.4 is 24.8 Å². The number of hydrogen-bond acceptors (Lipinski definition) is 6. The van der Waals surface area contributed by atoms with Crippen LogP contribution >= 0.6 is 12.2 Å². The highest BCUT2D eigenvalue weighted by Crippen LogP contribution is 2.38. The van der Waals surface area contributed by atoms with Crippen LogP contribution in [0.4, 0.5) is 5.69 Å². The predicted octanol–water partition coefficient (Wildman–Crippen LogP) is 3.71. The van der Waals surface area contributed by atoms with Crippen molar-refractivity contribution in [2.24, 2.45) is 5.92 Å². The van der Waals surface area contributed by atoms with Crippen LogP contribution in [0.15, 0.2) is 36.4 Å². The van der Waals surface area contributed by atoms with Gasteiger partial charge in [0.1, 0.15) is 0 Å². The number of hydrogen-bond donors (Lipinski definition) is 2. The van der Waals surface area contributed by atoms with E-state index in [9.17, 15) is 9.59 Å². The first kappa shape index (κ1) is 24.3. The Kier molecular flexibility index (Phi) is 8.11. The fourth-order valence-corrected chi connectivity index (χ4v) is 3.90. The molecular weight excluding hydrogens is 442 g/mol. The first-order valence-corrected chi connectivity index (χ1v) is 11.1. The van der Waals surface area contributed by atoms with E-state index >= 15 is 0 Å². The number of amides is 2. The molecule has 9 heteroatoms. The lowest BCUT2D eigenvalue weighted by Crippen LogP contribution is -2.39. The van der Waals surface area contributed by atoms with E-state index in [0.717, 1.165) is 25.9 Å². The Balaban J connectivity index is 1.73. The topological polar surface area (TPSA) is 89.1 Å². The standard InChI is InChI=1S/C24H29N3O5S/c1-15-9-11-27(12-10-15)23(29)17-7-5-6-8-18(17)25-24(33)26-22(28)16-13-19(30-2)21(32-4)20(14-16)31-3/h5-8,13-15H,9-12H2,1-4H3,(H2,25,26,28,33). The zero-order valence-electron chi connectivity index (χ0n) is 19.3. The molecular formula is C24H29N3O5S. The molecule has 176 valence electrons. The third kappa shape index (κ3) is 5.73. The SMILES string of the molecule is COc1cc(C(=O)NC(=S)Nc2ccccc2C(=O)N2CCC(C)CC2)cc(OC)c1OC. The molecule has 0 bridgehead atoms. The Hall–Kier alpha value is -3.33. The molecule has 1 saturated heterocycles. The number of nitrogens with zero attached hydrogens (tertiary/aromatic N) is 1. The summed E-state index contributed by atoms with van der Waals surface area (Å²) in [5.74, 6) is 1.21. The van der Waals surface area contributed by atoms with Gasteiger partial charge >= 0.3 is 0 Å². The van der Waals surface area contributed by atoms with Crippen molar-refractivity contribution in [1.29, 1.82) is 0 Å². The zero-order valence-corrected chi connectivity index (χ0v) is 20.1. The summed E-state index contributed by atoms with van der Waals surface area (Å²) in [5.41, 5.74) is 1.33. The first-order valence-electron chi connectivity index (χ1n) is 10.7. The Morgan fingerprint density at radius 2 is 1.61 bits per heavy atom. The molecule has 0 unspecified atom stereocenters. The van der Waals surface area contributed by atoms with Crippen LogP contribution in [0.2, 0.25) is 0 Å². The summed E-state index contributed by atoms with van der Waals surface area (Å²) in [6.07, 6.45) is 1.98. The predicted molar refractivity (Wildman–Crippen MR) is 131 cm³/mol. The lowest BCUT2D eigenvalue weighted by molar-refractivity contribution is 0.0698. The third-order valence-electron chi connectivity index (χ3n) is 5.63.